The number of benzene rings is 1. The van der Waals surface area contributed by atoms with Crippen molar-refractivity contribution in [2.24, 2.45) is 0 Å². The second-order valence-corrected chi connectivity index (χ2v) is 7.56. The number of rotatable bonds is 12. The predicted octanol–water partition coefficient (Wildman–Crippen LogP) is 4.58. The van der Waals surface area contributed by atoms with Crippen molar-refractivity contribution in [2.45, 2.75) is 70.1 Å². The molecule has 0 amide bonds. The van der Waals surface area contributed by atoms with E-state index in [9.17, 15) is 14.4 Å². The number of carbonyl (C=O) groups excluding carboxylic acids is 3. The molecular formula is C23H32O6. The summed E-state index contributed by atoms with van der Waals surface area (Å²) in [6, 6.07) is 3.85. The number of hydrogen-bond acceptors (Lipinski definition) is 6. The Morgan fingerprint density at radius 3 is 2.03 bits per heavy atom. The Balaban J connectivity index is 1.97. The molecule has 1 aliphatic carbocycles. The number of esters is 3. The van der Waals surface area contributed by atoms with Crippen molar-refractivity contribution in [3.8, 4) is 0 Å². The predicted molar refractivity (Wildman–Crippen MR) is 109 cm³/mol. The van der Waals surface area contributed by atoms with Crippen molar-refractivity contribution in [1.82, 2.24) is 0 Å². The molecule has 0 atom stereocenters. The first kappa shape index (κ1) is 22.9. The molecule has 0 unspecified atom stereocenters. The van der Waals surface area contributed by atoms with E-state index < -0.39 is 11.9 Å². The van der Waals surface area contributed by atoms with Gasteiger partial charge in [-0.3, -0.25) is 4.79 Å². The summed E-state index contributed by atoms with van der Waals surface area (Å²) in [5, 5.41) is 0. The first-order valence-electron chi connectivity index (χ1n) is 10.4. The Morgan fingerprint density at radius 2 is 1.45 bits per heavy atom. The zero-order chi connectivity index (χ0) is 21.2. The molecule has 0 saturated heterocycles. The number of methoxy groups -OCH3 is 3. The fraction of sp³-hybridized carbons (Fsp3) is 0.609. The van der Waals surface area contributed by atoms with E-state index in [0.717, 1.165) is 68.9 Å². The molecule has 6 nitrogen and oxygen atoms in total. The molecule has 0 radical (unpaired) electrons. The van der Waals surface area contributed by atoms with Gasteiger partial charge in [-0.05, 0) is 55.2 Å². The summed E-state index contributed by atoms with van der Waals surface area (Å²) in [6.45, 7) is 0. The Hall–Kier alpha value is -2.37. The van der Waals surface area contributed by atoms with Gasteiger partial charge in [0.05, 0.1) is 32.5 Å². The standard InChI is InChI=1S/C23H32O6/c1-27-20(24)11-9-7-5-4-6-8-10-17-14-18(16-12-13-16)15-19(22(25)28-2)21(17)23(26)29-3/h14-16H,4-13H2,1-3H3. The first-order valence-corrected chi connectivity index (χ1v) is 10.4. The van der Waals surface area contributed by atoms with Crippen LogP contribution in [0.15, 0.2) is 12.1 Å². The SMILES string of the molecule is COC(=O)CCCCCCCCc1cc(C2CC2)cc(C(=O)OC)c1C(=O)OC. The zero-order valence-electron chi connectivity index (χ0n) is 17.8. The van der Waals surface area contributed by atoms with Gasteiger partial charge in [0, 0.05) is 6.42 Å². The van der Waals surface area contributed by atoms with Crippen LogP contribution in [0.3, 0.4) is 0 Å². The van der Waals surface area contributed by atoms with Gasteiger partial charge in [-0.1, -0.05) is 31.7 Å². The Kier molecular flexibility index (Phi) is 9.16. The molecule has 29 heavy (non-hydrogen) atoms. The van der Waals surface area contributed by atoms with Crippen molar-refractivity contribution in [3.63, 3.8) is 0 Å². The molecule has 1 aromatic carbocycles. The van der Waals surface area contributed by atoms with Gasteiger partial charge >= 0.3 is 17.9 Å². The van der Waals surface area contributed by atoms with Gasteiger partial charge in [-0.15, -0.1) is 0 Å². The number of aryl methyl sites for hydroxylation is 1. The quantitative estimate of drug-likeness (QED) is 0.288. The van der Waals surface area contributed by atoms with Crippen LogP contribution in [-0.2, 0) is 25.4 Å². The molecule has 0 bridgehead atoms. The number of ether oxygens (including phenoxy) is 3. The molecule has 1 saturated carbocycles. The minimum atomic E-state index is -0.500. The molecule has 6 heteroatoms. The summed E-state index contributed by atoms with van der Waals surface area (Å²) < 4.78 is 14.5. The molecule has 0 heterocycles. The summed E-state index contributed by atoms with van der Waals surface area (Å²) in [4.78, 5) is 35.8. The molecule has 1 fully saturated rings. The number of hydrogen-bond donors (Lipinski definition) is 0. The lowest BCUT2D eigenvalue weighted by Gasteiger charge is -2.15. The first-order chi connectivity index (χ1) is 14.0. The minimum Gasteiger partial charge on any atom is -0.469 e. The third-order valence-corrected chi connectivity index (χ3v) is 5.39. The van der Waals surface area contributed by atoms with E-state index in [2.05, 4.69) is 10.8 Å². The topological polar surface area (TPSA) is 78.9 Å². The minimum absolute atomic E-state index is 0.155. The molecule has 1 aromatic rings. The van der Waals surface area contributed by atoms with Crippen LogP contribution in [0.25, 0.3) is 0 Å². The Labute approximate surface area is 172 Å². The van der Waals surface area contributed by atoms with Crippen LogP contribution in [-0.4, -0.2) is 39.2 Å². The van der Waals surface area contributed by atoms with E-state index in [4.69, 9.17) is 9.47 Å². The summed E-state index contributed by atoms with van der Waals surface area (Å²) in [5.74, 6) is -0.679. The van der Waals surface area contributed by atoms with Crippen molar-refractivity contribution in [1.29, 1.82) is 0 Å². The van der Waals surface area contributed by atoms with Gasteiger partial charge in [-0.2, -0.15) is 0 Å². The van der Waals surface area contributed by atoms with E-state index in [1.807, 2.05) is 0 Å². The lowest BCUT2D eigenvalue weighted by Crippen LogP contribution is -2.15. The average Bonchev–Trinajstić information content (AvgIpc) is 3.59. The highest BCUT2D eigenvalue weighted by Gasteiger charge is 2.29. The van der Waals surface area contributed by atoms with Gasteiger partial charge in [0.25, 0.3) is 0 Å². The van der Waals surface area contributed by atoms with Gasteiger partial charge in [0.1, 0.15) is 0 Å². The highest BCUT2D eigenvalue weighted by Crippen LogP contribution is 2.41. The van der Waals surface area contributed by atoms with E-state index in [0.29, 0.717) is 23.5 Å². The van der Waals surface area contributed by atoms with Gasteiger partial charge in [0.15, 0.2) is 0 Å². The monoisotopic (exact) mass is 404 g/mol. The van der Waals surface area contributed by atoms with Crippen molar-refractivity contribution < 1.29 is 28.6 Å². The third-order valence-electron chi connectivity index (χ3n) is 5.39. The molecule has 0 aliphatic heterocycles. The second-order valence-electron chi connectivity index (χ2n) is 7.56. The molecule has 0 aromatic heterocycles. The molecule has 160 valence electrons. The smallest absolute Gasteiger partial charge is 0.339 e. The summed E-state index contributed by atoms with van der Waals surface area (Å²) in [5.41, 5.74) is 2.62. The van der Waals surface area contributed by atoms with E-state index >= 15 is 0 Å². The fourth-order valence-electron chi connectivity index (χ4n) is 3.58. The zero-order valence-corrected chi connectivity index (χ0v) is 17.8. The van der Waals surface area contributed by atoms with Crippen LogP contribution in [0.4, 0.5) is 0 Å². The maximum Gasteiger partial charge on any atom is 0.339 e. The van der Waals surface area contributed by atoms with Crippen molar-refractivity contribution in [3.05, 3.63) is 34.4 Å². The van der Waals surface area contributed by atoms with Crippen LogP contribution in [0.5, 0.6) is 0 Å². The van der Waals surface area contributed by atoms with Gasteiger partial charge < -0.3 is 14.2 Å². The second kappa shape index (κ2) is 11.6. The summed E-state index contributed by atoms with van der Waals surface area (Å²) in [7, 11) is 4.07. The highest BCUT2D eigenvalue weighted by molar-refractivity contribution is 6.04. The maximum atomic E-state index is 12.4. The lowest BCUT2D eigenvalue weighted by atomic mass is 9.92. The van der Waals surface area contributed by atoms with Crippen LogP contribution in [0.1, 0.15) is 95.5 Å². The average molecular weight is 405 g/mol. The third kappa shape index (κ3) is 6.87. The molecule has 1 aliphatic rings. The fourth-order valence-corrected chi connectivity index (χ4v) is 3.58. The normalized spacial score (nSPS) is 13.1. The Bertz CT molecular complexity index is 720. The Morgan fingerprint density at radius 1 is 0.828 bits per heavy atom. The summed E-state index contributed by atoms with van der Waals surface area (Å²) in [6.07, 6.45) is 9.37. The molecule has 0 N–H and O–H groups in total. The lowest BCUT2D eigenvalue weighted by molar-refractivity contribution is -0.140. The van der Waals surface area contributed by atoms with Gasteiger partial charge in [-0.25, -0.2) is 9.59 Å². The molecular weight excluding hydrogens is 372 g/mol. The van der Waals surface area contributed by atoms with E-state index in [-0.39, 0.29) is 5.97 Å². The van der Waals surface area contributed by atoms with Crippen LogP contribution >= 0.6 is 0 Å². The van der Waals surface area contributed by atoms with Crippen molar-refractivity contribution >= 4 is 17.9 Å². The number of carbonyl (C=O) groups is 3. The van der Waals surface area contributed by atoms with E-state index in [1.54, 1.807) is 6.07 Å². The van der Waals surface area contributed by atoms with Crippen LogP contribution in [0, 0.1) is 0 Å². The maximum absolute atomic E-state index is 12.4. The van der Waals surface area contributed by atoms with Crippen molar-refractivity contribution in [2.75, 3.05) is 21.3 Å². The molecule has 2 rings (SSSR count). The van der Waals surface area contributed by atoms with E-state index in [1.165, 1.54) is 21.3 Å². The van der Waals surface area contributed by atoms with Crippen LogP contribution < -0.4 is 0 Å². The number of unbranched alkanes of at least 4 members (excludes halogenated alkanes) is 5. The molecule has 0 spiro atoms. The summed E-state index contributed by atoms with van der Waals surface area (Å²) >= 11 is 0. The van der Waals surface area contributed by atoms with Gasteiger partial charge in [0.2, 0.25) is 0 Å². The highest BCUT2D eigenvalue weighted by atomic mass is 16.5. The largest absolute Gasteiger partial charge is 0.469 e. The van der Waals surface area contributed by atoms with Crippen LogP contribution in [0.2, 0.25) is 0 Å².